The number of rotatable bonds is 6. The molecule has 1 saturated heterocycles. The Kier molecular flexibility index (Phi) is 6.24. The third-order valence-electron chi connectivity index (χ3n) is 6.79. The highest BCUT2D eigenvalue weighted by atomic mass is 16.5. The molecule has 176 valence electrons. The zero-order chi connectivity index (χ0) is 23.7. The van der Waals surface area contributed by atoms with Crippen molar-refractivity contribution in [2.45, 2.75) is 38.6 Å². The van der Waals surface area contributed by atoms with Gasteiger partial charge in [0.05, 0.1) is 29.9 Å². The van der Waals surface area contributed by atoms with Crippen LogP contribution in [0, 0.1) is 0 Å². The summed E-state index contributed by atoms with van der Waals surface area (Å²) in [5.41, 5.74) is 6.15. The molecule has 6 nitrogen and oxygen atoms in total. The monoisotopic (exact) mass is 456 g/mol. The predicted octanol–water partition coefficient (Wildman–Crippen LogP) is 5.66. The number of likely N-dealkylation sites (N-methyl/N-ethyl adjacent to an activating group) is 1. The maximum Gasteiger partial charge on any atom is 0.147 e. The SMILES string of the molecule is C=C1C=C(OCC)C(c2nc3cnc(C4CCOCC4)cc3n2[C@@H](C)c2ccccc2)=CN1C. The molecule has 1 atom stereocenters. The molecule has 0 radical (unpaired) electrons. The van der Waals surface area contributed by atoms with Crippen LogP contribution in [0.1, 0.15) is 55.7 Å². The topological polar surface area (TPSA) is 52.4 Å². The Morgan fingerprint density at radius 2 is 1.97 bits per heavy atom. The van der Waals surface area contributed by atoms with Crippen LogP contribution in [0.5, 0.6) is 0 Å². The second-order valence-corrected chi connectivity index (χ2v) is 8.96. The lowest BCUT2D eigenvalue weighted by Crippen LogP contribution is -2.18. The average molecular weight is 457 g/mol. The highest BCUT2D eigenvalue weighted by Gasteiger charge is 2.27. The van der Waals surface area contributed by atoms with E-state index in [-0.39, 0.29) is 6.04 Å². The molecule has 34 heavy (non-hydrogen) atoms. The summed E-state index contributed by atoms with van der Waals surface area (Å²) in [6.45, 7) is 10.5. The van der Waals surface area contributed by atoms with Crippen molar-refractivity contribution < 1.29 is 9.47 Å². The summed E-state index contributed by atoms with van der Waals surface area (Å²) in [4.78, 5) is 11.9. The van der Waals surface area contributed by atoms with Gasteiger partial charge in [0.15, 0.2) is 0 Å². The van der Waals surface area contributed by atoms with E-state index in [1.807, 2.05) is 31.1 Å². The first-order chi connectivity index (χ1) is 16.6. The summed E-state index contributed by atoms with van der Waals surface area (Å²) >= 11 is 0. The molecule has 2 aromatic heterocycles. The number of hydrogen-bond acceptors (Lipinski definition) is 5. The van der Waals surface area contributed by atoms with Crippen LogP contribution in [0.25, 0.3) is 16.6 Å². The first-order valence-corrected chi connectivity index (χ1v) is 12.1. The van der Waals surface area contributed by atoms with Gasteiger partial charge < -0.3 is 18.9 Å². The molecular formula is C28H32N4O2. The van der Waals surface area contributed by atoms with Crippen LogP contribution < -0.4 is 0 Å². The van der Waals surface area contributed by atoms with Gasteiger partial charge in [0.2, 0.25) is 0 Å². The van der Waals surface area contributed by atoms with Gasteiger partial charge in [-0.1, -0.05) is 36.9 Å². The average Bonchev–Trinajstić information content (AvgIpc) is 3.25. The Labute approximate surface area is 201 Å². The summed E-state index contributed by atoms with van der Waals surface area (Å²) in [6, 6.07) is 12.9. The first-order valence-electron chi connectivity index (χ1n) is 12.1. The molecule has 6 heteroatoms. The summed E-state index contributed by atoms with van der Waals surface area (Å²) in [7, 11) is 2.00. The Hall–Kier alpha value is -3.38. The number of allylic oxidation sites excluding steroid dienone is 2. The largest absolute Gasteiger partial charge is 0.493 e. The Bertz CT molecular complexity index is 1250. The fraction of sp³-hybridized carbons (Fsp3) is 0.357. The lowest BCUT2D eigenvalue weighted by Gasteiger charge is -2.26. The molecule has 0 saturated carbocycles. The Morgan fingerprint density at radius 1 is 1.21 bits per heavy atom. The van der Waals surface area contributed by atoms with Crippen molar-refractivity contribution in [1.29, 1.82) is 0 Å². The van der Waals surface area contributed by atoms with E-state index in [2.05, 4.69) is 60.7 Å². The Morgan fingerprint density at radius 3 is 2.71 bits per heavy atom. The maximum absolute atomic E-state index is 6.05. The smallest absolute Gasteiger partial charge is 0.147 e. The fourth-order valence-electron chi connectivity index (χ4n) is 4.81. The van der Waals surface area contributed by atoms with Crippen molar-refractivity contribution in [2.24, 2.45) is 0 Å². The van der Waals surface area contributed by atoms with Crippen molar-refractivity contribution in [3.63, 3.8) is 0 Å². The number of hydrogen-bond donors (Lipinski definition) is 0. The molecule has 0 N–H and O–H groups in total. The van der Waals surface area contributed by atoms with E-state index in [0.29, 0.717) is 12.5 Å². The highest BCUT2D eigenvalue weighted by Crippen LogP contribution is 2.36. The van der Waals surface area contributed by atoms with Crippen LogP contribution >= 0.6 is 0 Å². The molecule has 5 rings (SSSR count). The number of ether oxygens (including phenoxy) is 2. The molecular weight excluding hydrogens is 424 g/mol. The van der Waals surface area contributed by atoms with Gasteiger partial charge >= 0.3 is 0 Å². The van der Waals surface area contributed by atoms with E-state index in [4.69, 9.17) is 19.4 Å². The molecule has 3 aromatic rings. The van der Waals surface area contributed by atoms with Crippen LogP contribution in [0.4, 0.5) is 0 Å². The standard InChI is InChI=1S/C28H32N4O2/c1-5-34-27-15-19(2)31(4)18-23(27)28-30-25-17-29-24(22-11-13-33-14-12-22)16-26(25)32(28)20(3)21-9-7-6-8-10-21/h6-10,15-18,20,22H,2,5,11-14H2,1,3-4H3/t20-/m0/s1. The first kappa shape index (κ1) is 22.4. The molecule has 2 aliphatic heterocycles. The van der Waals surface area contributed by atoms with Gasteiger partial charge in [-0.15, -0.1) is 0 Å². The molecule has 0 unspecified atom stereocenters. The minimum absolute atomic E-state index is 0.0744. The highest BCUT2D eigenvalue weighted by molar-refractivity contribution is 5.84. The van der Waals surface area contributed by atoms with E-state index in [0.717, 1.165) is 65.6 Å². The van der Waals surface area contributed by atoms with Gasteiger partial charge in [-0.25, -0.2) is 4.98 Å². The number of imidazole rings is 1. The molecule has 1 aromatic carbocycles. The zero-order valence-corrected chi connectivity index (χ0v) is 20.2. The molecule has 0 aliphatic carbocycles. The quantitative estimate of drug-likeness (QED) is 0.479. The van der Waals surface area contributed by atoms with Crippen molar-refractivity contribution in [3.8, 4) is 0 Å². The third-order valence-corrected chi connectivity index (χ3v) is 6.79. The van der Waals surface area contributed by atoms with Crippen molar-refractivity contribution >= 4 is 16.6 Å². The molecule has 4 heterocycles. The second-order valence-electron chi connectivity index (χ2n) is 8.96. The van der Waals surface area contributed by atoms with Gasteiger partial charge in [-0.05, 0) is 38.3 Å². The molecule has 1 fully saturated rings. The summed E-state index contributed by atoms with van der Waals surface area (Å²) in [6.07, 6.45) is 7.98. The molecule has 0 spiro atoms. The van der Waals surface area contributed by atoms with Crippen molar-refractivity contribution in [3.05, 3.63) is 90.0 Å². The number of aromatic nitrogens is 3. The van der Waals surface area contributed by atoms with Gasteiger partial charge in [0.25, 0.3) is 0 Å². The molecule has 0 bridgehead atoms. The van der Waals surface area contributed by atoms with Gasteiger partial charge in [-0.3, -0.25) is 4.98 Å². The number of fused-ring (bicyclic) bond motifs is 1. The van der Waals surface area contributed by atoms with E-state index >= 15 is 0 Å². The van der Waals surface area contributed by atoms with Gasteiger partial charge in [0.1, 0.15) is 17.1 Å². The van der Waals surface area contributed by atoms with E-state index in [1.165, 1.54) is 5.56 Å². The van der Waals surface area contributed by atoms with Gasteiger partial charge in [0, 0.05) is 49.8 Å². The molecule has 2 aliphatic rings. The summed E-state index contributed by atoms with van der Waals surface area (Å²) < 4.78 is 14.0. The van der Waals surface area contributed by atoms with E-state index < -0.39 is 0 Å². The van der Waals surface area contributed by atoms with E-state index in [9.17, 15) is 0 Å². The van der Waals surface area contributed by atoms with Crippen molar-refractivity contribution in [2.75, 3.05) is 26.9 Å². The lowest BCUT2D eigenvalue weighted by atomic mass is 9.96. The Balaban J connectivity index is 1.70. The predicted molar refractivity (Wildman–Crippen MR) is 135 cm³/mol. The number of pyridine rings is 1. The van der Waals surface area contributed by atoms with E-state index in [1.54, 1.807) is 0 Å². The zero-order valence-electron chi connectivity index (χ0n) is 20.2. The number of benzene rings is 1. The van der Waals surface area contributed by atoms with Crippen LogP contribution in [0.3, 0.4) is 0 Å². The number of nitrogens with zero attached hydrogens (tertiary/aromatic N) is 4. The lowest BCUT2D eigenvalue weighted by molar-refractivity contribution is 0.0845. The summed E-state index contributed by atoms with van der Waals surface area (Å²) in [5, 5.41) is 0. The second kappa shape index (κ2) is 9.47. The summed E-state index contributed by atoms with van der Waals surface area (Å²) in [5.74, 6) is 2.08. The normalized spacial score (nSPS) is 18.1. The van der Waals surface area contributed by atoms with Crippen LogP contribution in [0.15, 0.2) is 72.9 Å². The van der Waals surface area contributed by atoms with Crippen LogP contribution in [-0.4, -0.2) is 46.3 Å². The molecule has 0 amide bonds. The minimum atomic E-state index is 0.0744. The maximum atomic E-state index is 6.05. The van der Waals surface area contributed by atoms with Crippen LogP contribution in [0.2, 0.25) is 0 Å². The van der Waals surface area contributed by atoms with Crippen molar-refractivity contribution in [1.82, 2.24) is 19.4 Å². The van der Waals surface area contributed by atoms with Crippen LogP contribution in [-0.2, 0) is 9.47 Å². The minimum Gasteiger partial charge on any atom is -0.493 e. The van der Waals surface area contributed by atoms with Gasteiger partial charge in [-0.2, -0.15) is 0 Å². The fourth-order valence-corrected chi connectivity index (χ4v) is 4.81. The third kappa shape index (κ3) is 4.14.